The van der Waals surface area contributed by atoms with Crippen LogP contribution in [0.3, 0.4) is 0 Å². The van der Waals surface area contributed by atoms with Gasteiger partial charge in [0.2, 0.25) is 0 Å². The highest BCUT2D eigenvalue weighted by molar-refractivity contribution is 7.80. The summed E-state index contributed by atoms with van der Waals surface area (Å²) < 4.78 is 5.24. The van der Waals surface area contributed by atoms with Crippen LogP contribution in [0.15, 0.2) is 63.8 Å². The molecule has 0 amide bonds. The number of aryl methyl sites for hydroxylation is 1. The molecule has 2 aromatic carbocycles. The molecule has 1 heterocycles. The van der Waals surface area contributed by atoms with Gasteiger partial charge in [0.05, 0.1) is 0 Å². The van der Waals surface area contributed by atoms with Crippen LogP contribution in [0.5, 0.6) is 0 Å². The molecule has 0 saturated heterocycles. The number of hydrogen-bond donors (Lipinski definition) is 2. The van der Waals surface area contributed by atoms with Crippen molar-refractivity contribution in [1.82, 2.24) is 5.32 Å². The second-order valence-electron chi connectivity index (χ2n) is 5.58. The fourth-order valence-electron chi connectivity index (χ4n) is 2.54. The summed E-state index contributed by atoms with van der Waals surface area (Å²) in [5.74, 6) is 0. The van der Waals surface area contributed by atoms with Crippen molar-refractivity contribution in [2.45, 2.75) is 13.3 Å². The van der Waals surface area contributed by atoms with E-state index in [-0.39, 0.29) is 5.63 Å². The quantitative estimate of drug-likeness (QED) is 0.562. The van der Waals surface area contributed by atoms with Gasteiger partial charge < -0.3 is 15.1 Å². The van der Waals surface area contributed by atoms with E-state index >= 15 is 0 Å². The Morgan fingerprint density at radius 3 is 2.71 bits per heavy atom. The number of rotatable bonds is 4. The highest BCUT2D eigenvalue weighted by Gasteiger charge is 2.04. The minimum absolute atomic E-state index is 0.347. The van der Waals surface area contributed by atoms with Gasteiger partial charge in [-0.2, -0.15) is 0 Å². The van der Waals surface area contributed by atoms with Crippen LogP contribution in [0.4, 0.5) is 5.69 Å². The van der Waals surface area contributed by atoms with E-state index in [1.807, 2.05) is 37.3 Å². The fourth-order valence-corrected chi connectivity index (χ4v) is 2.76. The molecule has 1 aromatic heterocycles. The molecule has 0 aliphatic rings. The Morgan fingerprint density at radius 1 is 1.12 bits per heavy atom. The van der Waals surface area contributed by atoms with Crippen molar-refractivity contribution in [3.05, 3.63) is 76.1 Å². The molecule has 5 heteroatoms. The second-order valence-corrected chi connectivity index (χ2v) is 5.98. The summed E-state index contributed by atoms with van der Waals surface area (Å²) in [4.78, 5) is 11.5. The molecule has 4 nitrogen and oxygen atoms in total. The van der Waals surface area contributed by atoms with E-state index in [4.69, 9.17) is 16.6 Å². The van der Waals surface area contributed by atoms with Crippen LogP contribution in [0.1, 0.15) is 11.1 Å². The highest BCUT2D eigenvalue weighted by Crippen LogP contribution is 2.20. The third-order valence-electron chi connectivity index (χ3n) is 3.75. The lowest BCUT2D eigenvalue weighted by atomic mass is 10.1. The van der Waals surface area contributed by atoms with Gasteiger partial charge in [-0.05, 0) is 48.8 Å². The minimum atomic E-state index is -0.347. The summed E-state index contributed by atoms with van der Waals surface area (Å²) in [6.45, 7) is 2.64. The number of fused-ring (bicyclic) bond motifs is 1. The zero-order valence-corrected chi connectivity index (χ0v) is 14.2. The molecule has 24 heavy (non-hydrogen) atoms. The van der Waals surface area contributed by atoms with Crippen molar-refractivity contribution in [3.63, 3.8) is 0 Å². The second kappa shape index (κ2) is 7.27. The number of benzene rings is 2. The molecule has 0 saturated carbocycles. The summed E-state index contributed by atoms with van der Waals surface area (Å²) in [7, 11) is 0. The van der Waals surface area contributed by atoms with Gasteiger partial charge in [0.25, 0.3) is 0 Å². The Morgan fingerprint density at radius 2 is 1.92 bits per heavy atom. The Bertz CT molecular complexity index is 920. The Balaban J connectivity index is 1.62. The average Bonchev–Trinajstić information content (AvgIpc) is 2.55. The largest absolute Gasteiger partial charge is 0.423 e. The summed E-state index contributed by atoms with van der Waals surface area (Å²) in [5.41, 5.74) is 3.15. The molecule has 122 valence electrons. The highest BCUT2D eigenvalue weighted by atomic mass is 32.1. The molecule has 0 spiro atoms. The standard InChI is InChI=1S/C19H18N2O2S/c1-13-11-18(22)23-17-12-15(7-8-16(13)17)21-19(24)20-10-9-14-5-3-2-4-6-14/h2-8,11-12H,9-10H2,1H3,(H2,20,21,24). The molecule has 0 fully saturated rings. The summed E-state index contributed by atoms with van der Waals surface area (Å²) >= 11 is 5.31. The molecule has 3 rings (SSSR count). The van der Waals surface area contributed by atoms with Crippen LogP contribution in [-0.2, 0) is 6.42 Å². The molecule has 2 N–H and O–H groups in total. The first-order valence-electron chi connectivity index (χ1n) is 7.75. The van der Waals surface area contributed by atoms with Crippen molar-refractivity contribution < 1.29 is 4.42 Å². The average molecular weight is 338 g/mol. The first kappa shape index (κ1) is 16.2. The van der Waals surface area contributed by atoms with Crippen LogP contribution < -0.4 is 16.3 Å². The third-order valence-corrected chi connectivity index (χ3v) is 4.00. The Hall–Kier alpha value is -2.66. The molecule has 0 atom stereocenters. The van der Waals surface area contributed by atoms with Gasteiger partial charge in [-0.15, -0.1) is 0 Å². The Kier molecular flexibility index (Phi) is 4.91. The topological polar surface area (TPSA) is 54.3 Å². The van der Waals surface area contributed by atoms with Crippen molar-refractivity contribution >= 4 is 34.0 Å². The molecular formula is C19H18N2O2S. The molecule has 0 radical (unpaired) electrons. The SMILES string of the molecule is Cc1cc(=O)oc2cc(NC(=S)NCCc3ccccc3)ccc12. The number of anilines is 1. The number of hydrogen-bond acceptors (Lipinski definition) is 3. The van der Waals surface area contributed by atoms with Gasteiger partial charge in [-0.3, -0.25) is 0 Å². The molecule has 0 aliphatic heterocycles. The van der Waals surface area contributed by atoms with Gasteiger partial charge in [-0.1, -0.05) is 30.3 Å². The minimum Gasteiger partial charge on any atom is -0.423 e. The van der Waals surface area contributed by atoms with Crippen molar-refractivity contribution in [2.24, 2.45) is 0 Å². The van der Waals surface area contributed by atoms with Crippen LogP contribution in [0.25, 0.3) is 11.0 Å². The zero-order valence-electron chi connectivity index (χ0n) is 13.3. The maximum Gasteiger partial charge on any atom is 0.336 e. The van der Waals surface area contributed by atoms with Gasteiger partial charge in [0.15, 0.2) is 5.11 Å². The monoisotopic (exact) mass is 338 g/mol. The van der Waals surface area contributed by atoms with Crippen LogP contribution in [0, 0.1) is 6.92 Å². The van der Waals surface area contributed by atoms with E-state index in [1.165, 1.54) is 11.6 Å². The van der Waals surface area contributed by atoms with E-state index in [1.54, 1.807) is 6.07 Å². The van der Waals surface area contributed by atoms with Crippen LogP contribution in [-0.4, -0.2) is 11.7 Å². The number of thiocarbonyl (C=S) groups is 1. The van der Waals surface area contributed by atoms with E-state index in [0.717, 1.165) is 29.6 Å². The molecular weight excluding hydrogens is 320 g/mol. The summed E-state index contributed by atoms with van der Waals surface area (Å²) in [6, 6.07) is 17.3. The molecule has 3 aromatic rings. The van der Waals surface area contributed by atoms with Gasteiger partial charge >= 0.3 is 5.63 Å². The van der Waals surface area contributed by atoms with E-state index < -0.39 is 0 Å². The summed E-state index contributed by atoms with van der Waals surface area (Å²) in [5, 5.41) is 7.76. The summed E-state index contributed by atoms with van der Waals surface area (Å²) in [6.07, 6.45) is 0.897. The van der Waals surface area contributed by atoms with Crippen LogP contribution >= 0.6 is 12.2 Å². The predicted octanol–water partition coefficient (Wildman–Crippen LogP) is 3.63. The molecule has 0 bridgehead atoms. The maximum atomic E-state index is 11.5. The first-order chi connectivity index (χ1) is 11.6. The first-order valence-corrected chi connectivity index (χ1v) is 8.16. The van der Waals surface area contributed by atoms with Gasteiger partial charge in [0.1, 0.15) is 5.58 Å². The third kappa shape index (κ3) is 4.00. The maximum absolute atomic E-state index is 11.5. The van der Waals surface area contributed by atoms with Gasteiger partial charge in [0, 0.05) is 29.8 Å². The van der Waals surface area contributed by atoms with E-state index in [9.17, 15) is 4.79 Å². The lowest BCUT2D eigenvalue weighted by Crippen LogP contribution is -2.30. The van der Waals surface area contributed by atoms with Crippen LogP contribution in [0.2, 0.25) is 0 Å². The van der Waals surface area contributed by atoms with Gasteiger partial charge in [-0.25, -0.2) is 4.79 Å². The smallest absolute Gasteiger partial charge is 0.336 e. The van der Waals surface area contributed by atoms with E-state index in [0.29, 0.717) is 10.7 Å². The van der Waals surface area contributed by atoms with Crippen molar-refractivity contribution in [3.8, 4) is 0 Å². The Labute approximate surface area is 145 Å². The van der Waals surface area contributed by atoms with Crippen molar-refractivity contribution in [2.75, 3.05) is 11.9 Å². The van der Waals surface area contributed by atoms with E-state index in [2.05, 4.69) is 22.8 Å². The van der Waals surface area contributed by atoms with Crippen molar-refractivity contribution in [1.29, 1.82) is 0 Å². The lowest BCUT2D eigenvalue weighted by molar-refractivity contribution is 0.560. The molecule has 0 aliphatic carbocycles. The number of nitrogens with one attached hydrogen (secondary N) is 2. The molecule has 0 unspecified atom stereocenters. The normalized spacial score (nSPS) is 10.5. The fraction of sp³-hybridized carbons (Fsp3) is 0.158. The lowest BCUT2D eigenvalue weighted by Gasteiger charge is -2.11. The predicted molar refractivity (Wildman–Crippen MR) is 102 cm³/mol. The zero-order chi connectivity index (χ0) is 16.9.